The first-order chi connectivity index (χ1) is 8.46. The molecule has 1 heterocycles. The summed E-state index contributed by atoms with van der Waals surface area (Å²) in [5.74, 6) is -1.27. The molecule has 0 radical (unpaired) electrons. The number of nitrogens with one attached hydrogen (secondary N) is 1. The average Bonchev–Trinajstić information content (AvgIpc) is 2.85. The van der Waals surface area contributed by atoms with Gasteiger partial charge in [-0.1, -0.05) is 18.9 Å². The number of carboxylic acid groups (broad SMARTS) is 1. The van der Waals surface area contributed by atoms with Gasteiger partial charge in [-0.25, -0.2) is 9.59 Å². The van der Waals surface area contributed by atoms with Gasteiger partial charge in [-0.15, -0.1) is 0 Å². The van der Waals surface area contributed by atoms with Crippen LogP contribution in [0.15, 0.2) is 11.6 Å². The average molecular weight is 252 g/mol. The number of amides is 3. The maximum atomic E-state index is 12.2. The Morgan fingerprint density at radius 3 is 2.61 bits per heavy atom. The molecule has 3 amide bonds. The van der Waals surface area contributed by atoms with Gasteiger partial charge in [0.05, 0.1) is 0 Å². The summed E-state index contributed by atoms with van der Waals surface area (Å²) < 4.78 is 0. The number of urea groups is 1. The molecule has 0 bridgehead atoms. The van der Waals surface area contributed by atoms with Crippen molar-refractivity contribution in [3.05, 3.63) is 11.6 Å². The zero-order chi connectivity index (χ0) is 13.3. The van der Waals surface area contributed by atoms with E-state index in [1.165, 1.54) is 13.0 Å². The number of aliphatic carboxylic acids is 1. The van der Waals surface area contributed by atoms with Gasteiger partial charge in [0.2, 0.25) is 0 Å². The monoisotopic (exact) mass is 252 g/mol. The fourth-order valence-electron chi connectivity index (χ4n) is 2.47. The molecule has 1 spiro atoms. The zero-order valence-corrected chi connectivity index (χ0v) is 10.2. The lowest BCUT2D eigenvalue weighted by Crippen LogP contribution is -2.44. The summed E-state index contributed by atoms with van der Waals surface area (Å²) in [6.45, 7) is 1.46. The van der Waals surface area contributed by atoms with Gasteiger partial charge < -0.3 is 10.4 Å². The van der Waals surface area contributed by atoms with Crippen LogP contribution in [0.2, 0.25) is 0 Å². The highest BCUT2D eigenvalue weighted by atomic mass is 16.4. The molecule has 2 N–H and O–H groups in total. The zero-order valence-electron chi connectivity index (χ0n) is 10.2. The summed E-state index contributed by atoms with van der Waals surface area (Å²) in [6, 6.07) is -0.420. The summed E-state index contributed by atoms with van der Waals surface area (Å²) in [4.78, 5) is 35.7. The van der Waals surface area contributed by atoms with Gasteiger partial charge >= 0.3 is 12.0 Å². The van der Waals surface area contributed by atoms with E-state index >= 15 is 0 Å². The number of carbonyl (C=O) groups excluding carboxylic acids is 2. The van der Waals surface area contributed by atoms with E-state index in [2.05, 4.69) is 5.32 Å². The smallest absolute Gasteiger partial charge is 0.331 e. The van der Waals surface area contributed by atoms with E-state index in [1.54, 1.807) is 0 Å². The topological polar surface area (TPSA) is 86.7 Å². The van der Waals surface area contributed by atoms with Crippen LogP contribution in [0.3, 0.4) is 0 Å². The Hall–Kier alpha value is -1.85. The predicted octanol–water partition coefficient (Wildman–Crippen LogP) is 0.882. The fraction of sp³-hybridized carbons (Fsp3) is 0.583. The lowest BCUT2D eigenvalue weighted by atomic mass is 9.98. The van der Waals surface area contributed by atoms with Crippen molar-refractivity contribution >= 4 is 17.9 Å². The highest BCUT2D eigenvalue weighted by Gasteiger charge is 2.51. The first-order valence-corrected chi connectivity index (χ1v) is 6.00. The van der Waals surface area contributed by atoms with Crippen LogP contribution in [0.4, 0.5) is 4.79 Å². The van der Waals surface area contributed by atoms with Crippen LogP contribution in [-0.4, -0.2) is 40.0 Å². The Kier molecular flexibility index (Phi) is 3.11. The van der Waals surface area contributed by atoms with Crippen molar-refractivity contribution in [2.45, 2.75) is 38.1 Å². The molecule has 1 aliphatic carbocycles. The molecular formula is C12H16N2O4. The molecule has 0 unspecified atom stereocenters. The highest BCUT2D eigenvalue weighted by Crippen LogP contribution is 2.34. The second kappa shape index (κ2) is 4.44. The van der Waals surface area contributed by atoms with E-state index in [1.807, 2.05) is 0 Å². The van der Waals surface area contributed by atoms with Crippen molar-refractivity contribution in [3.8, 4) is 0 Å². The number of carboxylic acids is 1. The Bertz CT molecular complexity index is 435. The molecule has 98 valence electrons. The third-order valence-corrected chi connectivity index (χ3v) is 3.62. The molecule has 2 fully saturated rings. The predicted molar refractivity (Wildman–Crippen MR) is 62.8 cm³/mol. The molecule has 6 heteroatoms. The van der Waals surface area contributed by atoms with Crippen molar-refractivity contribution in [2.24, 2.45) is 0 Å². The Morgan fingerprint density at radius 2 is 2.06 bits per heavy atom. The standard InChI is InChI=1S/C12H16N2O4/c1-8(9(15)16)4-7-14-10(17)12(13-11(14)18)5-2-3-6-12/h4H,2-3,5-7H2,1H3,(H,13,18)(H,15,16). The lowest BCUT2D eigenvalue weighted by molar-refractivity contribution is -0.133. The number of rotatable bonds is 3. The Labute approximate surface area is 105 Å². The van der Waals surface area contributed by atoms with Crippen LogP contribution in [-0.2, 0) is 9.59 Å². The second-order valence-electron chi connectivity index (χ2n) is 4.83. The van der Waals surface area contributed by atoms with Crippen LogP contribution < -0.4 is 5.32 Å². The lowest BCUT2D eigenvalue weighted by Gasteiger charge is -2.19. The molecule has 0 aromatic heterocycles. The van der Waals surface area contributed by atoms with Gasteiger partial charge in [-0.3, -0.25) is 9.69 Å². The number of carbonyl (C=O) groups is 3. The Balaban J connectivity index is 2.10. The van der Waals surface area contributed by atoms with Gasteiger partial charge in [0.1, 0.15) is 5.54 Å². The van der Waals surface area contributed by atoms with Crippen molar-refractivity contribution < 1.29 is 19.5 Å². The minimum absolute atomic E-state index is 0.0184. The van der Waals surface area contributed by atoms with Crippen molar-refractivity contribution in [1.29, 1.82) is 0 Å². The molecule has 1 saturated carbocycles. The van der Waals surface area contributed by atoms with Crippen molar-refractivity contribution in [3.63, 3.8) is 0 Å². The molecule has 2 rings (SSSR count). The summed E-state index contributed by atoms with van der Waals surface area (Å²) in [5.41, 5.74) is -0.592. The SMILES string of the molecule is CC(=CCN1C(=O)NC2(CCCC2)C1=O)C(=O)O. The summed E-state index contributed by atoms with van der Waals surface area (Å²) >= 11 is 0. The van der Waals surface area contributed by atoms with Crippen LogP contribution in [0, 0.1) is 0 Å². The van der Waals surface area contributed by atoms with E-state index in [4.69, 9.17) is 5.11 Å². The molecule has 18 heavy (non-hydrogen) atoms. The molecule has 0 aromatic rings. The van der Waals surface area contributed by atoms with E-state index in [0.29, 0.717) is 12.8 Å². The summed E-state index contributed by atoms with van der Waals surface area (Å²) in [7, 11) is 0. The van der Waals surface area contributed by atoms with Gasteiger partial charge in [0.25, 0.3) is 5.91 Å². The first-order valence-electron chi connectivity index (χ1n) is 6.00. The fourth-order valence-corrected chi connectivity index (χ4v) is 2.47. The molecule has 0 atom stereocenters. The molecule has 0 aromatic carbocycles. The Morgan fingerprint density at radius 1 is 1.44 bits per heavy atom. The molecule has 6 nitrogen and oxygen atoms in total. The van der Waals surface area contributed by atoms with E-state index in [0.717, 1.165) is 17.7 Å². The number of hydrogen-bond donors (Lipinski definition) is 2. The van der Waals surface area contributed by atoms with Crippen LogP contribution in [0.5, 0.6) is 0 Å². The van der Waals surface area contributed by atoms with Crippen molar-refractivity contribution in [2.75, 3.05) is 6.54 Å². The number of imide groups is 1. The van der Waals surface area contributed by atoms with E-state index in [9.17, 15) is 14.4 Å². The summed E-state index contributed by atoms with van der Waals surface area (Å²) in [5, 5.41) is 11.5. The molecule has 2 aliphatic rings. The maximum absolute atomic E-state index is 12.2. The third kappa shape index (κ3) is 1.98. The number of hydrogen-bond acceptors (Lipinski definition) is 3. The van der Waals surface area contributed by atoms with E-state index < -0.39 is 17.5 Å². The first kappa shape index (κ1) is 12.6. The normalized spacial score (nSPS) is 22.7. The van der Waals surface area contributed by atoms with Crippen molar-refractivity contribution in [1.82, 2.24) is 10.2 Å². The number of nitrogens with zero attached hydrogens (tertiary/aromatic N) is 1. The van der Waals surface area contributed by atoms with Crippen LogP contribution in [0.1, 0.15) is 32.6 Å². The minimum Gasteiger partial charge on any atom is -0.478 e. The van der Waals surface area contributed by atoms with Crippen LogP contribution >= 0.6 is 0 Å². The molecule has 1 aliphatic heterocycles. The quantitative estimate of drug-likeness (QED) is 0.576. The third-order valence-electron chi connectivity index (χ3n) is 3.62. The highest BCUT2D eigenvalue weighted by molar-refractivity contribution is 6.07. The maximum Gasteiger partial charge on any atom is 0.331 e. The minimum atomic E-state index is -1.04. The van der Waals surface area contributed by atoms with Gasteiger partial charge in [-0.05, 0) is 19.8 Å². The largest absolute Gasteiger partial charge is 0.478 e. The second-order valence-corrected chi connectivity index (χ2v) is 4.83. The van der Waals surface area contributed by atoms with Gasteiger partial charge in [0, 0.05) is 12.1 Å². The van der Waals surface area contributed by atoms with Crippen LogP contribution in [0.25, 0.3) is 0 Å². The molecular weight excluding hydrogens is 236 g/mol. The molecule has 1 saturated heterocycles. The van der Waals surface area contributed by atoms with Gasteiger partial charge in [-0.2, -0.15) is 0 Å². The van der Waals surface area contributed by atoms with Gasteiger partial charge in [0.15, 0.2) is 0 Å². The van der Waals surface area contributed by atoms with E-state index in [-0.39, 0.29) is 18.0 Å². The summed E-state index contributed by atoms with van der Waals surface area (Å²) in [6.07, 6.45) is 4.60.